The average Bonchev–Trinajstić information content (AvgIpc) is 2.46. The molecule has 0 aliphatic carbocycles. The van der Waals surface area contributed by atoms with Crippen molar-refractivity contribution in [2.24, 2.45) is 0 Å². The Morgan fingerprint density at radius 3 is 2.40 bits per heavy atom. The van der Waals surface area contributed by atoms with E-state index < -0.39 is 6.10 Å². The molecule has 102 valence electrons. The van der Waals surface area contributed by atoms with Gasteiger partial charge in [-0.1, -0.05) is 6.07 Å². The number of rotatable bonds is 3. The number of nitriles is 1. The highest BCUT2D eigenvalue weighted by Gasteiger charge is 2.14. The van der Waals surface area contributed by atoms with Crippen molar-refractivity contribution in [2.75, 3.05) is 11.9 Å². The maximum absolute atomic E-state index is 13.0. The first-order chi connectivity index (χ1) is 9.52. The van der Waals surface area contributed by atoms with Crippen LogP contribution in [0.4, 0.5) is 15.8 Å². The Morgan fingerprint density at radius 2 is 1.85 bits per heavy atom. The van der Waals surface area contributed by atoms with Gasteiger partial charge in [0, 0.05) is 24.0 Å². The van der Waals surface area contributed by atoms with Crippen molar-refractivity contribution in [1.82, 2.24) is 0 Å². The Balaban J connectivity index is 2.49. The van der Waals surface area contributed by atoms with Crippen molar-refractivity contribution in [1.29, 1.82) is 5.26 Å². The van der Waals surface area contributed by atoms with Crippen LogP contribution < -0.4 is 4.90 Å². The molecule has 0 saturated carbocycles. The monoisotopic (exact) mass is 270 g/mol. The number of hydrogen-bond acceptors (Lipinski definition) is 3. The summed E-state index contributed by atoms with van der Waals surface area (Å²) in [5.74, 6) is -0.302. The molecule has 2 rings (SSSR count). The second-order valence-electron chi connectivity index (χ2n) is 4.60. The van der Waals surface area contributed by atoms with Crippen LogP contribution in [-0.2, 0) is 0 Å². The summed E-state index contributed by atoms with van der Waals surface area (Å²) in [6.45, 7) is 1.67. The Morgan fingerprint density at radius 1 is 1.20 bits per heavy atom. The van der Waals surface area contributed by atoms with Gasteiger partial charge in [0.1, 0.15) is 5.82 Å². The minimum atomic E-state index is -0.652. The zero-order chi connectivity index (χ0) is 14.7. The van der Waals surface area contributed by atoms with Gasteiger partial charge < -0.3 is 10.0 Å². The Bertz CT molecular complexity index is 645. The number of aliphatic hydroxyl groups is 1. The molecule has 0 aromatic heterocycles. The second kappa shape index (κ2) is 5.72. The Kier molecular flexibility index (Phi) is 4.02. The molecule has 0 spiro atoms. The third kappa shape index (κ3) is 2.79. The lowest BCUT2D eigenvalue weighted by molar-refractivity contribution is 0.200. The van der Waals surface area contributed by atoms with E-state index in [2.05, 4.69) is 6.07 Å². The van der Waals surface area contributed by atoms with E-state index in [9.17, 15) is 9.50 Å². The molecule has 0 amide bonds. The fraction of sp³-hybridized carbons (Fsp3) is 0.188. The molecule has 0 aliphatic heterocycles. The van der Waals surface area contributed by atoms with Crippen molar-refractivity contribution in [3.8, 4) is 6.07 Å². The van der Waals surface area contributed by atoms with Gasteiger partial charge in [-0.15, -0.1) is 0 Å². The molecule has 20 heavy (non-hydrogen) atoms. The molecule has 3 nitrogen and oxygen atoms in total. The van der Waals surface area contributed by atoms with Gasteiger partial charge in [0.05, 0.1) is 17.7 Å². The first-order valence-electron chi connectivity index (χ1n) is 6.24. The van der Waals surface area contributed by atoms with E-state index in [0.29, 0.717) is 5.56 Å². The molecular formula is C16H15FN2O. The molecule has 0 heterocycles. The number of anilines is 2. The summed E-state index contributed by atoms with van der Waals surface area (Å²) in [6, 6.07) is 13.3. The van der Waals surface area contributed by atoms with Gasteiger partial charge in [0.2, 0.25) is 0 Å². The quantitative estimate of drug-likeness (QED) is 0.928. The highest BCUT2D eigenvalue weighted by Crippen LogP contribution is 2.31. The van der Waals surface area contributed by atoms with Crippen molar-refractivity contribution < 1.29 is 9.50 Å². The first kappa shape index (κ1) is 14.0. The van der Waals surface area contributed by atoms with Gasteiger partial charge in [-0.25, -0.2) is 4.39 Å². The van der Waals surface area contributed by atoms with E-state index in [4.69, 9.17) is 5.26 Å². The topological polar surface area (TPSA) is 47.3 Å². The minimum Gasteiger partial charge on any atom is -0.389 e. The van der Waals surface area contributed by atoms with Gasteiger partial charge in [0.15, 0.2) is 0 Å². The van der Waals surface area contributed by atoms with Gasteiger partial charge >= 0.3 is 0 Å². The van der Waals surface area contributed by atoms with Crippen LogP contribution in [0, 0.1) is 17.1 Å². The first-order valence-corrected chi connectivity index (χ1v) is 6.24. The molecule has 0 aliphatic rings. The van der Waals surface area contributed by atoms with Crippen LogP contribution in [0.15, 0.2) is 42.5 Å². The minimum absolute atomic E-state index is 0.302. The largest absolute Gasteiger partial charge is 0.389 e. The van der Waals surface area contributed by atoms with Gasteiger partial charge in [-0.05, 0) is 43.3 Å². The van der Waals surface area contributed by atoms with E-state index >= 15 is 0 Å². The van der Waals surface area contributed by atoms with Crippen LogP contribution in [0.3, 0.4) is 0 Å². The van der Waals surface area contributed by atoms with Crippen molar-refractivity contribution in [2.45, 2.75) is 13.0 Å². The number of benzene rings is 2. The van der Waals surface area contributed by atoms with E-state index in [1.807, 2.05) is 11.9 Å². The SMILES string of the molecule is C[C@@H](O)c1ccc(C#N)cc1N(C)c1ccc(F)cc1. The molecule has 0 saturated heterocycles. The predicted molar refractivity (Wildman–Crippen MR) is 76.3 cm³/mol. The molecule has 1 N–H and O–H groups in total. The van der Waals surface area contributed by atoms with Gasteiger partial charge in [-0.3, -0.25) is 0 Å². The van der Waals surface area contributed by atoms with E-state index in [1.165, 1.54) is 12.1 Å². The fourth-order valence-electron chi connectivity index (χ4n) is 2.06. The molecule has 2 aromatic rings. The van der Waals surface area contributed by atoms with E-state index in [0.717, 1.165) is 16.9 Å². The zero-order valence-corrected chi connectivity index (χ0v) is 11.3. The normalized spacial score (nSPS) is 11.8. The number of nitrogens with zero attached hydrogens (tertiary/aromatic N) is 2. The van der Waals surface area contributed by atoms with E-state index in [-0.39, 0.29) is 5.82 Å². The summed E-state index contributed by atoms with van der Waals surface area (Å²) in [5, 5.41) is 18.8. The molecule has 0 radical (unpaired) electrons. The second-order valence-corrected chi connectivity index (χ2v) is 4.60. The summed E-state index contributed by atoms with van der Waals surface area (Å²) in [7, 11) is 1.82. The number of hydrogen-bond donors (Lipinski definition) is 1. The lowest BCUT2D eigenvalue weighted by atomic mass is 10.0. The number of halogens is 1. The Hall–Kier alpha value is -2.38. The smallest absolute Gasteiger partial charge is 0.123 e. The molecule has 0 unspecified atom stereocenters. The molecule has 1 atom stereocenters. The highest BCUT2D eigenvalue weighted by molar-refractivity contribution is 5.67. The third-order valence-electron chi connectivity index (χ3n) is 3.18. The predicted octanol–water partition coefficient (Wildman–Crippen LogP) is 3.52. The van der Waals surface area contributed by atoms with Crippen LogP contribution in [0.2, 0.25) is 0 Å². The maximum Gasteiger partial charge on any atom is 0.123 e. The van der Waals surface area contributed by atoms with Crippen molar-refractivity contribution >= 4 is 11.4 Å². The summed E-state index contributed by atoms with van der Waals surface area (Å²) in [6.07, 6.45) is -0.652. The van der Waals surface area contributed by atoms with Crippen molar-refractivity contribution in [3.05, 3.63) is 59.4 Å². The zero-order valence-electron chi connectivity index (χ0n) is 11.3. The summed E-state index contributed by atoms with van der Waals surface area (Å²) >= 11 is 0. The van der Waals surface area contributed by atoms with Crippen LogP contribution in [0.25, 0.3) is 0 Å². The molecule has 0 bridgehead atoms. The molecule has 2 aromatic carbocycles. The van der Waals surface area contributed by atoms with Gasteiger partial charge in [0.25, 0.3) is 0 Å². The standard InChI is InChI=1S/C16H15FN2O/c1-11(20)15-8-3-12(10-18)9-16(15)19(2)14-6-4-13(17)5-7-14/h3-9,11,20H,1-2H3/t11-/m1/s1. The Labute approximate surface area is 117 Å². The van der Waals surface area contributed by atoms with Crippen LogP contribution >= 0.6 is 0 Å². The van der Waals surface area contributed by atoms with Crippen LogP contribution in [-0.4, -0.2) is 12.2 Å². The lowest BCUT2D eigenvalue weighted by Gasteiger charge is -2.24. The van der Waals surface area contributed by atoms with Crippen LogP contribution in [0.5, 0.6) is 0 Å². The molecule has 4 heteroatoms. The third-order valence-corrected chi connectivity index (χ3v) is 3.18. The number of aliphatic hydroxyl groups excluding tert-OH is 1. The van der Waals surface area contributed by atoms with E-state index in [1.54, 1.807) is 37.3 Å². The summed E-state index contributed by atoms with van der Waals surface area (Å²) < 4.78 is 13.0. The van der Waals surface area contributed by atoms with Gasteiger partial charge in [-0.2, -0.15) is 5.26 Å². The van der Waals surface area contributed by atoms with Crippen LogP contribution in [0.1, 0.15) is 24.2 Å². The summed E-state index contributed by atoms with van der Waals surface area (Å²) in [4.78, 5) is 1.82. The molecular weight excluding hydrogens is 255 g/mol. The highest BCUT2D eigenvalue weighted by atomic mass is 19.1. The van der Waals surface area contributed by atoms with Crippen molar-refractivity contribution in [3.63, 3.8) is 0 Å². The lowest BCUT2D eigenvalue weighted by Crippen LogP contribution is -2.13. The fourth-order valence-corrected chi connectivity index (χ4v) is 2.06. The maximum atomic E-state index is 13.0. The average molecular weight is 270 g/mol. The summed E-state index contributed by atoms with van der Waals surface area (Å²) in [5.41, 5.74) is 2.74. The molecule has 0 fully saturated rings.